The fourth-order valence-electron chi connectivity index (χ4n) is 1.23. The zero-order valence-corrected chi connectivity index (χ0v) is 10.6. The van der Waals surface area contributed by atoms with Gasteiger partial charge in [0.1, 0.15) is 5.01 Å². The van der Waals surface area contributed by atoms with Crippen LogP contribution in [-0.4, -0.2) is 10.5 Å². The van der Waals surface area contributed by atoms with Gasteiger partial charge < -0.3 is 5.32 Å². The van der Waals surface area contributed by atoms with Crippen molar-refractivity contribution in [3.05, 3.63) is 15.6 Å². The third-order valence-electron chi connectivity index (χ3n) is 2.03. The summed E-state index contributed by atoms with van der Waals surface area (Å²) in [5, 5.41) is 4.65. The van der Waals surface area contributed by atoms with Crippen LogP contribution in [0.5, 0.6) is 0 Å². The summed E-state index contributed by atoms with van der Waals surface area (Å²) >= 11 is 1.83. The Hall–Kier alpha value is -0.410. The van der Waals surface area contributed by atoms with Crippen molar-refractivity contribution in [3.63, 3.8) is 0 Å². The van der Waals surface area contributed by atoms with Crippen molar-refractivity contribution in [3.8, 4) is 0 Å². The van der Waals surface area contributed by atoms with Gasteiger partial charge in [-0.25, -0.2) is 4.98 Å². The van der Waals surface area contributed by atoms with E-state index in [9.17, 15) is 0 Å². The smallest absolute Gasteiger partial charge is 0.107 e. The molecule has 1 aromatic heterocycles. The van der Waals surface area contributed by atoms with Gasteiger partial charge in [-0.15, -0.1) is 11.3 Å². The molecule has 1 N–H and O–H groups in total. The summed E-state index contributed by atoms with van der Waals surface area (Å²) in [5.74, 6) is 0. The zero-order valence-electron chi connectivity index (χ0n) is 9.77. The van der Waals surface area contributed by atoms with Crippen LogP contribution in [0.15, 0.2) is 0 Å². The molecular weight excluding hydrogens is 192 g/mol. The standard InChI is InChI=1S/C11H20N2S/c1-6-9-8(2)13-10(14-9)7-12-11(3,4)5/h12H,6-7H2,1-5H3. The third kappa shape index (κ3) is 3.39. The Bertz CT molecular complexity index is 297. The average molecular weight is 212 g/mol. The van der Waals surface area contributed by atoms with Crippen molar-refractivity contribution >= 4 is 11.3 Å². The molecule has 2 nitrogen and oxygen atoms in total. The van der Waals surface area contributed by atoms with Gasteiger partial charge >= 0.3 is 0 Å². The van der Waals surface area contributed by atoms with Crippen LogP contribution >= 0.6 is 11.3 Å². The van der Waals surface area contributed by atoms with Gasteiger partial charge in [-0.3, -0.25) is 0 Å². The van der Waals surface area contributed by atoms with E-state index in [4.69, 9.17) is 0 Å². The maximum absolute atomic E-state index is 4.54. The lowest BCUT2D eigenvalue weighted by molar-refractivity contribution is 0.423. The number of hydrogen-bond acceptors (Lipinski definition) is 3. The lowest BCUT2D eigenvalue weighted by atomic mass is 10.1. The molecule has 0 amide bonds. The lowest BCUT2D eigenvalue weighted by Crippen LogP contribution is -2.35. The molecule has 0 aromatic carbocycles. The molecule has 0 unspecified atom stereocenters. The van der Waals surface area contributed by atoms with E-state index >= 15 is 0 Å². The molecule has 0 bridgehead atoms. The molecular formula is C11H20N2S. The summed E-state index contributed by atoms with van der Waals surface area (Å²) in [6.45, 7) is 11.7. The summed E-state index contributed by atoms with van der Waals surface area (Å²) in [5.41, 5.74) is 1.37. The van der Waals surface area contributed by atoms with Crippen molar-refractivity contribution in [2.45, 2.75) is 53.1 Å². The van der Waals surface area contributed by atoms with E-state index in [1.807, 2.05) is 11.3 Å². The number of hydrogen-bond donors (Lipinski definition) is 1. The fraction of sp³-hybridized carbons (Fsp3) is 0.727. The van der Waals surface area contributed by atoms with Crippen LogP contribution in [0.3, 0.4) is 0 Å². The predicted molar refractivity (Wildman–Crippen MR) is 62.8 cm³/mol. The monoisotopic (exact) mass is 212 g/mol. The Kier molecular flexibility index (Phi) is 3.67. The molecule has 0 aliphatic carbocycles. The SMILES string of the molecule is CCc1sc(CNC(C)(C)C)nc1C. The van der Waals surface area contributed by atoms with E-state index in [1.165, 1.54) is 15.6 Å². The summed E-state index contributed by atoms with van der Waals surface area (Å²) in [6, 6.07) is 0. The van der Waals surface area contributed by atoms with Crippen LogP contribution in [0.25, 0.3) is 0 Å². The quantitative estimate of drug-likeness (QED) is 0.833. The van der Waals surface area contributed by atoms with Crippen LogP contribution in [0.1, 0.15) is 43.3 Å². The van der Waals surface area contributed by atoms with Gasteiger partial charge in [0, 0.05) is 17.0 Å². The molecule has 3 heteroatoms. The van der Waals surface area contributed by atoms with E-state index in [2.05, 4.69) is 44.9 Å². The highest BCUT2D eigenvalue weighted by Crippen LogP contribution is 2.18. The largest absolute Gasteiger partial charge is 0.306 e. The molecule has 0 atom stereocenters. The van der Waals surface area contributed by atoms with Gasteiger partial charge in [0.15, 0.2) is 0 Å². The molecule has 14 heavy (non-hydrogen) atoms. The normalized spacial score (nSPS) is 12.1. The highest BCUT2D eigenvalue weighted by Gasteiger charge is 2.11. The van der Waals surface area contributed by atoms with Crippen molar-refractivity contribution in [2.75, 3.05) is 0 Å². The van der Waals surface area contributed by atoms with Crippen molar-refractivity contribution < 1.29 is 0 Å². The van der Waals surface area contributed by atoms with Crippen molar-refractivity contribution in [2.24, 2.45) is 0 Å². The second kappa shape index (κ2) is 4.41. The second-order valence-corrected chi connectivity index (χ2v) is 5.74. The summed E-state index contributed by atoms with van der Waals surface area (Å²) < 4.78 is 0. The molecule has 0 fully saturated rings. The first-order valence-corrected chi connectivity index (χ1v) is 5.94. The van der Waals surface area contributed by atoms with Gasteiger partial charge in [0.05, 0.1) is 5.69 Å². The Labute approximate surface area is 90.8 Å². The highest BCUT2D eigenvalue weighted by atomic mass is 32.1. The maximum Gasteiger partial charge on any atom is 0.107 e. The van der Waals surface area contributed by atoms with E-state index in [-0.39, 0.29) is 5.54 Å². The summed E-state index contributed by atoms with van der Waals surface area (Å²) in [4.78, 5) is 5.95. The maximum atomic E-state index is 4.54. The predicted octanol–water partition coefficient (Wildman–Crippen LogP) is 2.90. The van der Waals surface area contributed by atoms with Crippen LogP contribution in [0.4, 0.5) is 0 Å². The van der Waals surface area contributed by atoms with Gasteiger partial charge in [-0.2, -0.15) is 0 Å². The topological polar surface area (TPSA) is 24.9 Å². The summed E-state index contributed by atoms with van der Waals surface area (Å²) in [6.07, 6.45) is 1.10. The van der Waals surface area contributed by atoms with Gasteiger partial charge in [-0.05, 0) is 34.1 Å². The number of rotatable bonds is 3. The number of aromatic nitrogens is 1. The van der Waals surface area contributed by atoms with E-state index in [0.717, 1.165) is 13.0 Å². The minimum absolute atomic E-state index is 0.173. The molecule has 0 aliphatic rings. The minimum Gasteiger partial charge on any atom is -0.306 e. The number of aryl methyl sites for hydroxylation is 2. The first-order valence-electron chi connectivity index (χ1n) is 5.12. The highest BCUT2D eigenvalue weighted by molar-refractivity contribution is 7.11. The van der Waals surface area contributed by atoms with Gasteiger partial charge in [-0.1, -0.05) is 6.92 Å². The Balaban J connectivity index is 2.60. The lowest BCUT2D eigenvalue weighted by Gasteiger charge is -2.19. The number of thiazole rings is 1. The van der Waals surface area contributed by atoms with Crippen LogP contribution in [0, 0.1) is 6.92 Å². The molecule has 0 aliphatic heterocycles. The molecule has 0 radical (unpaired) electrons. The molecule has 0 saturated carbocycles. The van der Waals surface area contributed by atoms with Crippen LogP contribution in [0.2, 0.25) is 0 Å². The first kappa shape index (κ1) is 11.7. The van der Waals surface area contributed by atoms with Crippen molar-refractivity contribution in [1.82, 2.24) is 10.3 Å². The van der Waals surface area contributed by atoms with Crippen LogP contribution in [-0.2, 0) is 13.0 Å². The van der Waals surface area contributed by atoms with E-state index < -0.39 is 0 Å². The second-order valence-electron chi connectivity index (χ2n) is 4.57. The minimum atomic E-state index is 0.173. The first-order chi connectivity index (χ1) is 6.42. The van der Waals surface area contributed by atoms with E-state index in [0.29, 0.717) is 0 Å². The Morgan fingerprint density at radius 3 is 2.43 bits per heavy atom. The molecule has 1 rings (SSSR count). The molecule has 1 aromatic rings. The Morgan fingerprint density at radius 2 is 2.00 bits per heavy atom. The van der Waals surface area contributed by atoms with Gasteiger partial charge in [0.25, 0.3) is 0 Å². The Morgan fingerprint density at radius 1 is 1.36 bits per heavy atom. The summed E-state index contributed by atoms with van der Waals surface area (Å²) in [7, 11) is 0. The molecule has 1 heterocycles. The van der Waals surface area contributed by atoms with Crippen LogP contribution < -0.4 is 5.32 Å². The molecule has 80 valence electrons. The third-order valence-corrected chi connectivity index (χ3v) is 3.33. The average Bonchev–Trinajstić information content (AvgIpc) is 2.42. The van der Waals surface area contributed by atoms with E-state index in [1.54, 1.807) is 0 Å². The number of nitrogens with zero attached hydrogens (tertiary/aromatic N) is 1. The fourth-order valence-corrected chi connectivity index (χ4v) is 2.18. The van der Waals surface area contributed by atoms with Crippen molar-refractivity contribution in [1.29, 1.82) is 0 Å². The number of nitrogens with one attached hydrogen (secondary N) is 1. The molecule has 0 saturated heterocycles. The van der Waals surface area contributed by atoms with Gasteiger partial charge in [0.2, 0.25) is 0 Å². The molecule has 0 spiro atoms. The zero-order chi connectivity index (χ0) is 10.8.